The third-order valence-electron chi connectivity index (χ3n) is 3.51. The zero-order valence-electron chi connectivity index (χ0n) is 10.7. The van der Waals surface area contributed by atoms with Crippen molar-refractivity contribution >= 4 is 0 Å². The zero-order valence-corrected chi connectivity index (χ0v) is 10.7. The van der Waals surface area contributed by atoms with Crippen molar-refractivity contribution in [3.05, 3.63) is 36.0 Å². The summed E-state index contributed by atoms with van der Waals surface area (Å²) in [5, 5.41) is 3.31. The Morgan fingerprint density at radius 1 is 1.42 bits per heavy atom. The van der Waals surface area contributed by atoms with Crippen molar-refractivity contribution in [2.24, 2.45) is 0 Å². The van der Waals surface area contributed by atoms with Crippen molar-refractivity contribution in [1.82, 2.24) is 15.3 Å². The SMILES string of the molecule is COc1ccc(-c2cnc(C3CCNC3)[nH]2)cc1F. The topological polar surface area (TPSA) is 49.9 Å². The Morgan fingerprint density at radius 3 is 3.00 bits per heavy atom. The molecule has 2 N–H and O–H groups in total. The van der Waals surface area contributed by atoms with E-state index < -0.39 is 0 Å². The van der Waals surface area contributed by atoms with Gasteiger partial charge in [-0.3, -0.25) is 0 Å². The summed E-state index contributed by atoms with van der Waals surface area (Å²) < 4.78 is 18.6. The summed E-state index contributed by atoms with van der Waals surface area (Å²) in [7, 11) is 1.46. The van der Waals surface area contributed by atoms with Gasteiger partial charge in [0.2, 0.25) is 0 Å². The van der Waals surface area contributed by atoms with Crippen LogP contribution < -0.4 is 10.1 Å². The maximum atomic E-state index is 13.7. The highest BCUT2D eigenvalue weighted by Crippen LogP contribution is 2.26. The standard InChI is InChI=1S/C14H16FN3O/c1-19-13-3-2-9(6-11(13)15)12-8-17-14(18-12)10-4-5-16-7-10/h2-3,6,8,10,16H,4-5,7H2,1H3,(H,17,18). The van der Waals surface area contributed by atoms with E-state index in [-0.39, 0.29) is 11.6 Å². The number of halogens is 1. The molecular weight excluding hydrogens is 245 g/mol. The Morgan fingerprint density at radius 2 is 2.32 bits per heavy atom. The number of methoxy groups -OCH3 is 1. The fraction of sp³-hybridized carbons (Fsp3) is 0.357. The Hall–Kier alpha value is -1.88. The number of hydrogen-bond acceptors (Lipinski definition) is 3. The smallest absolute Gasteiger partial charge is 0.165 e. The first-order valence-electron chi connectivity index (χ1n) is 6.37. The molecule has 1 atom stereocenters. The molecule has 3 rings (SSSR count). The zero-order chi connectivity index (χ0) is 13.2. The summed E-state index contributed by atoms with van der Waals surface area (Å²) in [4.78, 5) is 7.68. The van der Waals surface area contributed by atoms with Gasteiger partial charge in [-0.25, -0.2) is 9.37 Å². The van der Waals surface area contributed by atoms with Crippen molar-refractivity contribution < 1.29 is 9.13 Å². The van der Waals surface area contributed by atoms with E-state index in [1.807, 2.05) is 6.07 Å². The van der Waals surface area contributed by atoms with Crippen molar-refractivity contribution in [1.29, 1.82) is 0 Å². The monoisotopic (exact) mass is 261 g/mol. The molecule has 1 fully saturated rings. The van der Waals surface area contributed by atoms with Gasteiger partial charge in [0.1, 0.15) is 5.82 Å². The maximum Gasteiger partial charge on any atom is 0.165 e. The number of benzene rings is 1. The van der Waals surface area contributed by atoms with Crippen LogP contribution in [-0.4, -0.2) is 30.2 Å². The second-order valence-corrected chi connectivity index (χ2v) is 4.72. The molecule has 1 saturated heterocycles. The fourth-order valence-electron chi connectivity index (χ4n) is 2.41. The molecule has 1 aromatic heterocycles. The molecule has 4 nitrogen and oxygen atoms in total. The van der Waals surface area contributed by atoms with Crippen LogP contribution in [0.4, 0.5) is 4.39 Å². The van der Waals surface area contributed by atoms with E-state index >= 15 is 0 Å². The first-order chi connectivity index (χ1) is 9.28. The van der Waals surface area contributed by atoms with Gasteiger partial charge in [0.15, 0.2) is 11.6 Å². The van der Waals surface area contributed by atoms with Crippen LogP contribution in [0.1, 0.15) is 18.2 Å². The molecule has 0 radical (unpaired) electrons. The molecule has 0 amide bonds. The molecule has 0 saturated carbocycles. The number of imidazole rings is 1. The van der Waals surface area contributed by atoms with Crippen LogP contribution in [0.3, 0.4) is 0 Å². The molecule has 1 aromatic carbocycles. The molecule has 1 aliphatic rings. The molecule has 1 aliphatic heterocycles. The molecule has 2 heterocycles. The van der Waals surface area contributed by atoms with Gasteiger partial charge in [-0.05, 0) is 31.2 Å². The third kappa shape index (κ3) is 2.33. The maximum absolute atomic E-state index is 13.7. The van der Waals surface area contributed by atoms with Crippen LogP contribution >= 0.6 is 0 Å². The predicted molar refractivity (Wildman–Crippen MR) is 70.8 cm³/mol. The van der Waals surface area contributed by atoms with Crippen molar-refractivity contribution in [3.8, 4) is 17.0 Å². The van der Waals surface area contributed by atoms with Crippen molar-refractivity contribution in [3.63, 3.8) is 0 Å². The van der Waals surface area contributed by atoms with Crippen LogP contribution in [-0.2, 0) is 0 Å². The van der Waals surface area contributed by atoms with E-state index in [1.165, 1.54) is 13.2 Å². The number of aromatic amines is 1. The number of ether oxygens (including phenoxy) is 1. The minimum absolute atomic E-state index is 0.253. The average Bonchev–Trinajstić information content (AvgIpc) is 3.09. The number of hydrogen-bond donors (Lipinski definition) is 2. The van der Waals surface area contributed by atoms with Crippen molar-refractivity contribution in [2.45, 2.75) is 12.3 Å². The summed E-state index contributed by atoms with van der Waals surface area (Å²) in [6, 6.07) is 4.91. The van der Waals surface area contributed by atoms with Gasteiger partial charge in [0, 0.05) is 18.0 Å². The van der Waals surface area contributed by atoms with Crippen LogP contribution in [0, 0.1) is 5.82 Å². The third-order valence-corrected chi connectivity index (χ3v) is 3.51. The minimum Gasteiger partial charge on any atom is -0.494 e. The number of aromatic nitrogens is 2. The highest BCUT2D eigenvalue weighted by atomic mass is 19.1. The lowest BCUT2D eigenvalue weighted by Gasteiger charge is -2.05. The van der Waals surface area contributed by atoms with Gasteiger partial charge >= 0.3 is 0 Å². The van der Waals surface area contributed by atoms with E-state index in [0.717, 1.165) is 36.6 Å². The fourth-order valence-corrected chi connectivity index (χ4v) is 2.41. The van der Waals surface area contributed by atoms with Gasteiger partial charge in [-0.2, -0.15) is 0 Å². The average molecular weight is 261 g/mol. The molecule has 100 valence electrons. The minimum atomic E-state index is -0.362. The van der Waals surface area contributed by atoms with E-state index in [9.17, 15) is 4.39 Å². The Labute approximate surface area is 111 Å². The van der Waals surface area contributed by atoms with Crippen LogP contribution in [0.15, 0.2) is 24.4 Å². The van der Waals surface area contributed by atoms with E-state index in [0.29, 0.717) is 5.92 Å². The summed E-state index contributed by atoms with van der Waals surface area (Å²) in [5.74, 6) is 1.29. The van der Waals surface area contributed by atoms with Crippen LogP contribution in [0.5, 0.6) is 5.75 Å². The van der Waals surface area contributed by atoms with Gasteiger partial charge in [0.05, 0.1) is 19.0 Å². The quantitative estimate of drug-likeness (QED) is 0.891. The van der Waals surface area contributed by atoms with Crippen LogP contribution in [0.2, 0.25) is 0 Å². The molecule has 0 bridgehead atoms. The number of nitrogens with zero attached hydrogens (tertiary/aromatic N) is 1. The second kappa shape index (κ2) is 5.01. The Bertz CT molecular complexity index is 576. The van der Waals surface area contributed by atoms with Gasteiger partial charge in [-0.1, -0.05) is 0 Å². The molecule has 19 heavy (non-hydrogen) atoms. The van der Waals surface area contributed by atoms with E-state index in [1.54, 1.807) is 12.3 Å². The first-order valence-corrected chi connectivity index (χ1v) is 6.37. The second-order valence-electron chi connectivity index (χ2n) is 4.72. The Balaban J connectivity index is 1.87. The molecule has 5 heteroatoms. The summed E-state index contributed by atoms with van der Waals surface area (Å²) in [6.07, 6.45) is 2.85. The highest BCUT2D eigenvalue weighted by Gasteiger charge is 2.19. The number of nitrogens with one attached hydrogen (secondary N) is 2. The normalized spacial score (nSPS) is 18.7. The van der Waals surface area contributed by atoms with Gasteiger partial charge < -0.3 is 15.0 Å². The highest BCUT2D eigenvalue weighted by molar-refractivity contribution is 5.60. The number of H-pyrrole nitrogens is 1. The first kappa shape index (κ1) is 12.2. The van der Waals surface area contributed by atoms with E-state index in [2.05, 4.69) is 15.3 Å². The lowest BCUT2D eigenvalue weighted by atomic mass is 10.1. The summed E-state index contributed by atoms with van der Waals surface area (Å²) in [6.45, 7) is 1.97. The van der Waals surface area contributed by atoms with Gasteiger partial charge in [-0.15, -0.1) is 0 Å². The number of rotatable bonds is 3. The predicted octanol–water partition coefficient (Wildman–Crippen LogP) is 2.30. The van der Waals surface area contributed by atoms with Crippen LogP contribution in [0.25, 0.3) is 11.3 Å². The van der Waals surface area contributed by atoms with Gasteiger partial charge in [0.25, 0.3) is 0 Å². The lowest BCUT2D eigenvalue weighted by Crippen LogP contribution is -2.08. The lowest BCUT2D eigenvalue weighted by molar-refractivity contribution is 0.386. The summed E-state index contributed by atoms with van der Waals surface area (Å²) >= 11 is 0. The summed E-state index contributed by atoms with van der Waals surface area (Å²) in [5.41, 5.74) is 1.62. The van der Waals surface area contributed by atoms with Crippen molar-refractivity contribution in [2.75, 3.05) is 20.2 Å². The Kier molecular flexibility index (Phi) is 3.21. The molecule has 0 spiro atoms. The molecular formula is C14H16FN3O. The molecule has 0 aliphatic carbocycles. The largest absolute Gasteiger partial charge is 0.494 e. The molecule has 2 aromatic rings. The van der Waals surface area contributed by atoms with E-state index in [4.69, 9.17) is 4.74 Å². The molecule has 1 unspecified atom stereocenters.